The largest absolute Gasteiger partial charge is 0.473 e. The van der Waals surface area contributed by atoms with Crippen LogP contribution in [0.4, 0.5) is 13.2 Å². The number of hydrogen-bond donors (Lipinski definition) is 0. The van der Waals surface area contributed by atoms with Crippen molar-refractivity contribution in [1.82, 2.24) is 4.98 Å². The van der Waals surface area contributed by atoms with Gasteiger partial charge in [0.2, 0.25) is 0 Å². The molecule has 0 saturated carbocycles. The molecular formula is C10H12F3NO. The standard InChI is InChI=1S/C10H12F3NO/c1-3-4-6(2)15-10-8(12)5-7(11)9(13)14-10/h5-6H,3-4H2,1-2H3. The minimum Gasteiger partial charge on any atom is -0.473 e. The molecule has 1 rings (SSSR count). The first-order valence-electron chi connectivity index (χ1n) is 4.72. The molecule has 15 heavy (non-hydrogen) atoms. The molecule has 1 heterocycles. The van der Waals surface area contributed by atoms with Gasteiger partial charge in [0.25, 0.3) is 11.8 Å². The zero-order chi connectivity index (χ0) is 11.4. The number of aromatic nitrogens is 1. The molecule has 0 aliphatic rings. The van der Waals surface area contributed by atoms with Crippen molar-refractivity contribution in [2.75, 3.05) is 0 Å². The van der Waals surface area contributed by atoms with Gasteiger partial charge < -0.3 is 4.74 Å². The fourth-order valence-electron chi connectivity index (χ4n) is 1.17. The third-order valence-electron chi connectivity index (χ3n) is 1.86. The van der Waals surface area contributed by atoms with Gasteiger partial charge in [0, 0.05) is 6.07 Å². The van der Waals surface area contributed by atoms with E-state index >= 15 is 0 Å². The molecule has 0 aliphatic carbocycles. The lowest BCUT2D eigenvalue weighted by molar-refractivity contribution is 0.187. The van der Waals surface area contributed by atoms with Crippen molar-refractivity contribution in [2.45, 2.75) is 32.8 Å². The van der Waals surface area contributed by atoms with Gasteiger partial charge in [-0.2, -0.15) is 9.37 Å². The first-order chi connectivity index (χ1) is 7.04. The number of hydrogen-bond acceptors (Lipinski definition) is 2. The van der Waals surface area contributed by atoms with Crippen molar-refractivity contribution < 1.29 is 17.9 Å². The number of rotatable bonds is 4. The Morgan fingerprint density at radius 3 is 2.60 bits per heavy atom. The van der Waals surface area contributed by atoms with Crippen LogP contribution in [0.3, 0.4) is 0 Å². The quantitative estimate of drug-likeness (QED) is 0.726. The van der Waals surface area contributed by atoms with E-state index in [9.17, 15) is 13.2 Å². The fourth-order valence-corrected chi connectivity index (χ4v) is 1.17. The summed E-state index contributed by atoms with van der Waals surface area (Å²) in [6.07, 6.45) is 1.27. The predicted octanol–water partition coefficient (Wildman–Crippen LogP) is 3.07. The molecule has 5 heteroatoms. The van der Waals surface area contributed by atoms with Crippen LogP contribution in [0, 0.1) is 17.6 Å². The maximum Gasteiger partial charge on any atom is 0.253 e. The van der Waals surface area contributed by atoms with Crippen LogP contribution >= 0.6 is 0 Å². The smallest absolute Gasteiger partial charge is 0.253 e. The first kappa shape index (κ1) is 11.8. The molecule has 0 spiro atoms. The summed E-state index contributed by atoms with van der Waals surface area (Å²) in [5, 5.41) is 0. The van der Waals surface area contributed by atoms with E-state index in [-0.39, 0.29) is 6.10 Å². The van der Waals surface area contributed by atoms with E-state index in [0.717, 1.165) is 6.42 Å². The van der Waals surface area contributed by atoms with E-state index in [2.05, 4.69) is 4.98 Å². The topological polar surface area (TPSA) is 22.1 Å². The van der Waals surface area contributed by atoms with E-state index in [0.29, 0.717) is 12.5 Å². The molecule has 0 amide bonds. The van der Waals surface area contributed by atoms with Gasteiger partial charge in [-0.1, -0.05) is 13.3 Å². The maximum atomic E-state index is 13.0. The van der Waals surface area contributed by atoms with Crippen molar-refractivity contribution in [2.24, 2.45) is 0 Å². The molecule has 0 N–H and O–H groups in total. The van der Waals surface area contributed by atoms with Crippen molar-refractivity contribution in [3.05, 3.63) is 23.6 Å². The Balaban J connectivity index is 2.81. The SMILES string of the molecule is CCCC(C)Oc1nc(F)c(F)cc1F. The highest BCUT2D eigenvalue weighted by Gasteiger charge is 2.14. The van der Waals surface area contributed by atoms with Gasteiger partial charge in [-0.25, -0.2) is 8.78 Å². The highest BCUT2D eigenvalue weighted by molar-refractivity contribution is 5.15. The van der Waals surface area contributed by atoms with Crippen LogP contribution in [-0.4, -0.2) is 11.1 Å². The van der Waals surface area contributed by atoms with Gasteiger partial charge in [-0.15, -0.1) is 0 Å². The van der Waals surface area contributed by atoms with Gasteiger partial charge in [0.1, 0.15) is 0 Å². The molecule has 1 aromatic rings. The van der Waals surface area contributed by atoms with Crippen molar-refractivity contribution in [3.63, 3.8) is 0 Å². The van der Waals surface area contributed by atoms with Crippen LogP contribution in [0.2, 0.25) is 0 Å². The third kappa shape index (κ3) is 3.11. The maximum absolute atomic E-state index is 13.0. The zero-order valence-electron chi connectivity index (χ0n) is 8.56. The highest BCUT2D eigenvalue weighted by atomic mass is 19.2. The summed E-state index contributed by atoms with van der Waals surface area (Å²) < 4.78 is 43.2. The fraction of sp³-hybridized carbons (Fsp3) is 0.500. The monoisotopic (exact) mass is 219 g/mol. The van der Waals surface area contributed by atoms with Crippen LogP contribution in [0.25, 0.3) is 0 Å². The summed E-state index contributed by atoms with van der Waals surface area (Å²) >= 11 is 0. The Labute approximate surface area is 86.1 Å². The molecule has 1 unspecified atom stereocenters. The molecule has 0 fully saturated rings. The minimum absolute atomic E-state index is 0.276. The lowest BCUT2D eigenvalue weighted by Crippen LogP contribution is -2.14. The summed E-state index contributed by atoms with van der Waals surface area (Å²) in [6.45, 7) is 3.65. The Morgan fingerprint density at radius 1 is 1.33 bits per heavy atom. The molecule has 0 aromatic carbocycles. The number of nitrogens with zero attached hydrogens (tertiary/aromatic N) is 1. The van der Waals surface area contributed by atoms with Crippen LogP contribution in [0.1, 0.15) is 26.7 Å². The van der Waals surface area contributed by atoms with Gasteiger partial charge >= 0.3 is 0 Å². The molecule has 1 atom stereocenters. The molecule has 0 saturated heterocycles. The average Bonchev–Trinajstić information content (AvgIpc) is 2.14. The third-order valence-corrected chi connectivity index (χ3v) is 1.86. The van der Waals surface area contributed by atoms with E-state index in [4.69, 9.17) is 4.74 Å². The lowest BCUT2D eigenvalue weighted by Gasteiger charge is -2.13. The van der Waals surface area contributed by atoms with Crippen molar-refractivity contribution in [1.29, 1.82) is 0 Å². The number of pyridine rings is 1. The van der Waals surface area contributed by atoms with Gasteiger partial charge in [0.05, 0.1) is 6.10 Å². The second-order valence-electron chi connectivity index (χ2n) is 3.27. The molecule has 84 valence electrons. The Bertz CT molecular complexity index is 344. The second kappa shape index (κ2) is 5.00. The molecule has 2 nitrogen and oxygen atoms in total. The first-order valence-corrected chi connectivity index (χ1v) is 4.72. The van der Waals surface area contributed by atoms with Crippen LogP contribution < -0.4 is 4.74 Å². The van der Waals surface area contributed by atoms with Gasteiger partial charge in [-0.05, 0) is 13.3 Å². The molecule has 0 radical (unpaired) electrons. The Hall–Kier alpha value is -1.26. The van der Waals surface area contributed by atoms with Gasteiger partial charge in [-0.3, -0.25) is 0 Å². The van der Waals surface area contributed by atoms with E-state index in [1.807, 2.05) is 6.92 Å². The summed E-state index contributed by atoms with van der Waals surface area (Å²) in [6, 6.07) is 0.427. The van der Waals surface area contributed by atoms with Crippen molar-refractivity contribution in [3.8, 4) is 5.88 Å². The summed E-state index contributed by atoms with van der Waals surface area (Å²) in [7, 11) is 0. The molecule has 1 aromatic heterocycles. The summed E-state index contributed by atoms with van der Waals surface area (Å²) in [4.78, 5) is 3.06. The molecule has 0 aliphatic heterocycles. The van der Waals surface area contributed by atoms with Crippen LogP contribution in [0.5, 0.6) is 5.88 Å². The highest BCUT2D eigenvalue weighted by Crippen LogP contribution is 2.18. The average molecular weight is 219 g/mol. The number of halogens is 3. The molecular weight excluding hydrogens is 207 g/mol. The predicted molar refractivity (Wildman–Crippen MR) is 49.1 cm³/mol. The zero-order valence-corrected chi connectivity index (χ0v) is 8.56. The molecule has 0 bridgehead atoms. The second-order valence-corrected chi connectivity index (χ2v) is 3.27. The van der Waals surface area contributed by atoms with E-state index < -0.39 is 23.5 Å². The number of ether oxygens (including phenoxy) is 1. The Kier molecular flexibility index (Phi) is 3.94. The van der Waals surface area contributed by atoms with Gasteiger partial charge in [0.15, 0.2) is 11.6 Å². The van der Waals surface area contributed by atoms with Crippen molar-refractivity contribution >= 4 is 0 Å². The lowest BCUT2D eigenvalue weighted by atomic mass is 10.2. The Morgan fingerprint density at radius 2 is 2.00 bits per heavy atom. The summed E-state index contributed by atoms with van der Waals surface area (Å²) in [5.74, 6) is -4.15. The minimum atomic E-state index is -1.35. The van der Waals surface area contributed by atoms with Crippen LogP contribution in [0.15, 0.2) is 6.07 Å². The summed E-state index contributed by atoms with van der Waals surface area (Å²) in [5.41, 5.74) is 0. The normalized spacial score (nSPS) is 12.6. The van der Waals surface area contributed by atoms with E-state index in [1.165, 1.54) is 0 Å². The van der Waals surface area contributed by atoms with Crippen LogP contribution in [-0.2, 0) is 0 Å². The van der Waals surface area contributed by atoms with E-state index in [1.54, 1.807) is 6.92 Å².